The molecule has 0 bridgehead atoms. The van der Waals surface area contributed by atoms with E-state index in [1.807, 2.05) is 90.4 Å². The molecule has 2 fully saturated rings. The summed E-state index contributed by atoms with van der Waals surface area (Å²) in [6.45, 7) is 4.94. The summed E-state index contributed by atoms with van der Waals surface area (Å²) in [6, 6.07) is 25.7. The molecule has 3 atom stereocenters. The fraction of sp³-hybridized carbons (Fsp3) is 0.351. The first kappa shape index (κ1) is 32.7. The molecule has 12 nitrogen and oxygen atoms in total. The van der Waals surface area contributed by atoms with E-state index in [2.05, 4.69) is 19.9 Å². The zero-order valence-corrected chi connectivity index (χ0v) is 27.8. The Bertz CT molecular complexity index is 1830. The minimum Gasteiger partial charge on any atom is -0.497 e. The molecule has 0 spiro atoms. The molecule has 3 aromatic carbocycles. The maximum atomic E-state index is 11.4. The van der Waals surface area contributed by atoms with Gasteiger partial charge in [-0.15, -0.1) is 0 Å². The van der Waals surface area contributed by atoms with Gasteiger partial charge in [0, 0.05) is 19.5 Å². The lowest BCUT2D eigenvalue weighted by atomic mass is 9.80. The van der Waals surface area contributed by atoms with Gasteiger partial charge in [-0.3, -0.25) is 4.57 Å². The number of aliphatic imine (C=N–C) groups is 1. The highest BCUT2D eigenvalue weighted by atomic mass is 16.6. The van der Waals surface area contributed by atoms with E-state index in [1.54, 1.807) is 20.5 Å². The van der Waals surface area contributed by atoms with Crippen LogP contribution < -0.4 is 9.47 Å². The average Bonchev–Trinajstić information content (AvgIpc) is 3.76. The van der Waals surface area contributed by atoms with E-state index in [0.717, 1.165) is 47.1 Å². The van der Waals surface area contributed by atoms with Gasteiger partial charge >= 0.3 is 0 Å². The molecule has 2 aliphatic heterocycles. The number of rotatable bonds is 10. The van der Waals surface area contributed by atoms with Crippen molar-refractivity contribution in [2.75, 3.05) is 47.1 Å². The second-order valence-corrected chi connectivity index (χ2v) is 12.0. The van der Waals surface area contributed by atoms with Crippen LogP contribution in [0.25, 0.3) is 11.2 Å². The summed E-state index contributed by atoms with van der Waals surface area (Å²) < 4.78 is 31.8. The number of aliphatic hydroxyl groups is 1. The van der Waals surface area contributed by atoms with Gasteiger partial charge in [0.05, 0.1) is 46.5 Å². The molecular weight excluding hydrogens is 624 g/mol. The summed E-state index contributed by atoms with van der Waals surface area (Å²) in [5.74, 6) is 2.80. The highest BCUT2D eigenvalue weighted by molar-refractivity contribution is 5.88. The third-order valence-corrected chi connectivity index (χ3v) is 9.23. The standard InChI is InChI=1S/C37H40N6O6/c1-25(42-17-19-47-20-18-42)41-35-34-36(39-23-38-35)43(24-40-34)33-21-31(44)32(49-33)22-48-37(26-7-5-4-6-8-26,27-9-13-29(45-2)14-10-27)28-11-15-30(46-3)16-12-28/h4-16,23-24,31-33,44H,17-22H2,1-3H3/t31-,32-,33-/m1/s1. The summed E-state index contributed by atoms with van der Waals surface area (Å²) in [6.07, 6.45) is 1.53. The molecule has 7 rings (SSSR count). The summed E-state index contributed by atoms with van der Waals surface area (Å²) in [7, 11) is 3.29. The zero-order valence-electron chi connectivity index (χ0n) is 27.8. The van der Waals surface area contributed by atoms with Gasteiger partial charge in [0.15, 0.2) is 17.0 Å². The molecule has 2 aromatic heterocycles. The normalized spacial score (nSPS) is 20.1. The number of aliphatic hydroxyl groups excluding tert-OH is 1. The Morgan fingerprint density at radius 1 is 0.878 bits per heavy atom. The van der Waals surface area contributed by atoms with Crippen LogP contribution in [0.15, 0.2) is 96.5 Å². The van der Waals surface area contributed by atoms with E-state index in [-0.39, 0.29) is 6.61 Å². The molecule has 2 aliphatic rings. The van der Waals surface area contributed by atoms with Gasteiger partial charge in [0.1, 0.15) is 41.6 Å². The number of fused-ring (bicyclic) bond motifs is 1. The van der Waals surface area contributed by atoms with Gasteiger partial charge in [-0.1, -0.05) is 54.6 Å². The fourth-order valence-electron chi connectivity index (χ4n) is 6.56. The maximum absolute atomic E-state index is 11.4. The smallest absolute Gasteiger partial charge is 0.185 e. The molecule has 0 amide bonds. The predicted octanol–water partition coefficient (Wildman–Crippen LogP) is 4.88. The molecule has 0 aliphatic carbocycles. The maximum Gasteiger partial charge on any atom is 0.185 e. The van der Waals surface area contributed by atoms with Crippen LogP contribution in [-0.2, 0) is 19.8 Å². The van der Waals surface area contributed by atoms with Crippen molar-refractivity contribution in [3.8, 4) is 11.5 Å². The number of hydrogen-bond donors (Lipinski definition) is 1. The highest BCUT2D eigenvalue weighted by Crippen LogP contribution is 2.43. The molecule has 2 saturated heterocycles. The monoisotopic (exact) mass is 664 g/mol. The predicted molar refractivity (Wildman–Crippen MR) is 183 cm³/mol. The molecular formula is C37H40N6O6. The summed E-state index contributed by atoms with van der Waals surface area (Å²) >= 11 is 0. The Morgan fingerprint density at radius 3 is 2.14 bits per heavy atom. The lowest BCUT2D eigenvalue weighted by Crippen LogP contribution is -2.39. The third-order valence-electron chi connectivity index (χ3n) is 9.23. The number of imidazole rings is 1. The molecule has 4 heterocycles. The first-order valence-corrected chi connectivity index (χ1v) is 16.4. The van der Waals surface area contributed by atoms with Crippen LogP contribution in [0.4, 0.5) is 5.82 Å². The third kappa shape index (κ3) is 6.47. The first-order valence-electron chi connectivity index (χ1n) is 16.4. The van der Waals surface area contributed by atoms with Gasteiger partial charge in [-0.25, -0.2) is 19.9 Å². The van der Waals surface area contributed by atoms with E-state index >= 15 is 0 Å². The number of ether oxygens (including phenoxy) is 5. The van der Waals surface area contributed by atoms with Crippen LogP contribution in [0.3, 0.4) is 0 Å². The van der Waals surface area contributed by atoms with Gasteiger partial charge in [-0.05, 0) is 47.9 Å². The Kier molecular flexibility index (Phi) is 9.54. The number of amidine groups is 1. The van der Waals surface area contributed by atoms with Crippen molar-refractivity contribution in [2.45, 2.75) is 37.4 Å². The fourth-order valence-corrected chi connectivity index (χ4v) is 6.56. The molecule has 0 unspecified atom stereocenters. The molecule has 1 N–H and O–H groups in total. The Hall–Kier alpha value is -4.88. The van der Waals surface area contributed by atoms with Gasteiger partial charge < -0.3 is 33.7 Å². The highest BCUT2D eigenvalue weighted by Gasteiger charge is 2.42. The molecule has 254 valence electrons. The number of benzene rings is 3. The van der Waals surface area contributed by atoms with Crippen LogP contribution in [0.1, 0.15) is 36.3 Å². The molecule has 0 saturated carbocycles. The minimum absolute atomic E-state index is 0.0977. The van der Waals surface area contributed by atoms with Crippen molar-refractivity contribution in [3.05, 3.63) is 108 Å². The van der Waals surface area contributed by atoms with Gasteiger partial charge in [0.25, 0.3) is 0 Å². The van der Waals surface area contributed by atoms with Crippen molar-refractivity contribution in [1.29, 1.82) is 0 Å². The van der Waals surface area contributed by atoms with E-state index in [4.69, 9.17) is 28.7 Å². The minimum atomic E-state index is -1.04. The Morgan fingerprint density at radius 2 is 1.51 bits per heavy atom. The van der Waals surface area contributed by atoms with Gasteiger partial charge in [0.2, 0.25) is 0 Å². The van der Waals surface area contributed by atoms with Crippen molar-refractivity contribution in [3.63, 3.8) is 0 Å². The quantitative estimate of drug-likeness (QED) is 0.125. The van der Waals surface area contributed by atoms with Crippen LogP contribution in [-0.4, -0.2) is 94.7 Å². The number of morpholine rings is 1. The van der Waals surface area contributed by atoms with Crippen molar-refractivity contribution < 1.29 is 28.8 Å². The van der Waals surface area contributed by atoms with E-state index in [9.17, 15) is 5.11 Å². The van der Waals surface area contributed by atoms with Crippen LogP contribution in [0.2, 0.25) is 0 Å². The second-order valence-electron chi connectivity index (χ2n) is 12.0. The van der Waals surface area contributed by atoms with Gasteiger partial charge in [-0.2, -0.15) is 0 Å². The number of nitrogens with zero attached hydrogens (tertiary/aromatic N) is 6. The van der Waals surface area contributed by atoms with Crippen molar-refractivity contribution >= 4 is 22.8 Å². The first-order chi connectivity index (χ1) is 24.0. The summed E-state index contributed by atoms with van der Waals surface area (Å²) in [5.41, 5.74) is 2.82. The van der Waals surface area contributed by atoms with Crippen molar-refractivity contribution in [2.24, 2.45) is 4.99 Å². The van der Waals surface area contributed by atoms with E-state index < -0.39 is 24.0 Å². The topological polar surface area (TPSA) is 126 Å². The Balaban J connectivity index is 1.18. The van der Waals surface area contributed by atoms with Crippen LogP contribution in [0, 0.1) is 0 Å². The number of hydrogen-bond acceptors (Lipinski definition) is 10. The summed E-state index contributed by atoms with van der Waals surface area (Å²) in [5, 5.41) is 11.4. The second kappa shape index (κ2) is 14.3. The van der Waals surface area contributed by atoms with E-state index in [0.29, 0.717) is 36.6 Å². The lowest BCUT2D eigenvalue weighted by molar-refractivity contribution is -0.0931. The van der Waals surface area contributed by atoms with E-state index in [1.165, 1.54) is 6.33 Å². The SMILES string of the molecule is COc1ccc(C(OC[C@H]2O[C@@H](n3cnc4c(N=C(C)N5CCOCC5)ncnc43)C[C@H]2O)(c2ccccc2)c2ccc(OC)cc2)cc1. The molecule has 0 radical (unpaired) electrons. The molecule has 5 aromatic rings. The number of methoxy groups -OCH3 is 2. The summed E-state index contributed by atoms with van der Waals surface area (Å²) in [4.78, 5) is 20.5. The lowest BCUT2D eigenvalue weighted by Gasteiger charge is -2.37. The zero-order chi connectivity index (χ0) is 33.8. The number of aromatic nitrogens is 4. The molecule has 49 heavy (non-hydrogen) atoms. The van der Waals surface area contributed by atoms with Crippen LogP contribution in [0.5, 0.6) is 11.5 Å². The Labute approximate surface area is 284 Å². The van der Waals surface area contributed by atoms with Crippen molar-refractivity contribution in [1.82, 2.24) is 24.4 Å². The van der Waals surface area contributed by atoms with Crippen LogP contribution >= 0.6 is 0 Å². The average molecular weight is 665 g/mol. The molecule has 12 heteroatoms. The largest absolute Gasteiger partial charge is 0.497 e.